The number of ether oxygens (including phenoxy) is 1. The van der Waals surface area contributed by atoms with Crippen molar-refractivity contribution in [2.24, 2.45) is 0 Å². The number of aromatic nitrogens is 2. The average molecular weight is 296 g/mol. The third-order valence-corrected chi connectivity index (χ3v) is 3.36. The van der Waals surface area contributed by atoms with Crippen LogP contribution in [0, 0.1) is 0 Å². The molecule has 3 nitrogen and oxygen atoms in total. The highest BCUT2D eigenvalue weighted by Crippen LogP contribution is 2.24. The quantitative estimate of drug-likeness (QED) is 0.685. The molecule has 22 heavy (non-hydrogen) atoms. The van der Waals surface area contributed by atoms with Crippen LogP contribution in [0.5, 0.6) is 5.75 Å². The molecule has 0 fully saturated rings. The summed E-state index contributed by atoms with van der Waals surface area (Å²) in [5.74, 6) is 0.805. The Bertz CT molecular complexity index is 725. The van der Waals surface area contributed by atoms with Crippen LogP contribution in [0.3, 0.4) is 0 Å². The highest BCUT2D eigenvalue weighted by molar-refractivity contribution is 5.63. The Morgan fingerprint density at radius 1 is 1.00 bits per heavy atom. The lowest BCUT2D eigenvalue weighted by Gasteiger charge is -2.07. The molecule has 0 atom stereocenters. The van der Waals surface area contributed by atoms with Crippen LogP contribution in [0.1, 0.15) is 5.56 Å². The van der Waals surface area contributed by atoms with E-state index in [-0.39, 0.29) is 6.54 Å². The Hall–Kier alpha value is -2.62. The molecule has 1 heterocycles. The molecule has 0 saturated heterocycles. The predicted octanol–water partition coefficient (Wildman–Crippen LogP) is 4.10. The van der Waals surface area contributed by atoms with Crippen LogP contribution in [0.4, 0.5) is 4.39 Å². The Morgan fingerprint density at radius 2 is 1.86 bits per heavy atom. The van der Waals surface area contributed by atoms with Crippen molar-refractivity contribution in [3.63, 3.8) is 0 Å². The first-order valence-corrected chi connectivity index (χ1v) is 7.21. The van der Waals surface area contributed by atoms with Gasteiger partial charge in [0.15, 0.2) is 0 Å². The van der Waals surface area contributed by atoms with Gasteiger partial charge in [0.2, 0.25) is 0 Å². The van der Waals surface area contributed by atoms with Crippen molar-refractivity contribution in [3.05, 3.63) is 72.6 Å². The first kappa shape index (κ1) is 14.3. The maximum Gasteiger partial charge on any atom is 0.120 e. The topological polar surface area (TPSA) is 27.1 Å². The van der Waals surface area contributed by atoms with E-state index < -0.39 is 6.67 Å². The first-order chi connectivity index (χ1) is 10.8. The lowest BCUT2D eigenvalue weighted by molar-refractivity contribution is 0.306. The minimum Gasteiger partial charge on any atom is -0.489 e. The van der Waals surface area contributed by atoms with Crippen molar-refractivity contribution in [1.82, 2.24) is 9.78 Å². The number of rotatable bonds is 6. The molecule has 0 aliphatic carbocycles. The maximum absolute atomic E-state index is 12.3. The van der Waals surface area contributed by atoms with Crippen LogP contribution < -0.4 is 4.74 Å². The number of halogens is 1. The molecule has 1 aromatic heterocycles. The number of aryl methyl sites for hydroxylation is 1. The number of alkyl halides is 1. The van der Waals surface area contributed by atoms with Crippen LogP contribution in [-0.2, 0) is 13.2 Å². The van der Waals surface area contributed by atoms with Crippen LogP contribution in [0.25, 0.3) is 11.1 Å². The minimum atomic E-state index is -0.415. The van der Waals surface area contributed by atoms with Crippen molar-refractivity contribution in [2.45, 2.75) is 13.2 Å². The largest absolute Gasteiger partial charge is 0.489 e. The molecule has 2 aromatic carbocycles. The summed E-state index contributed by atoms with van der Waals surface area (Å²) >= 11 is 0. The van der Waals surface area contributed by atoms with E-state index in [4.69, 9.17) is 4.74 Å². The van der Waals surface area contributed by atoms with Crippen LogP contribution >= 0.6 is 0 Å². The fourth-order valence-electron chi connectivity index (χ4n) is 2.23. The molecule has 3 aromatic rings. The number of hydrogen-bond donors (Lipinski definition) is 0. The monoisotopic (exact) mass is 296 g/mol. The molecule has 0 amide bonds. The fraction of sp³-hybridized carbons (Fsp3) is 0.167. The molecule has 3 rings (SSSR count). The van der Waals surface area contributed by atoms with Gasteiger partial charge in [-0.3, -0.25) is 4.68 Å². The second-order valence-corrected chi connectivity index (χ2v) is 4.98. The molecule has 0 aliphatic rings. The molecule has 0 radical (unpaired) electrons. The standard InChI is InChI=1S/C18H17FN2O/c19-9-10-21-13-17(12-20-21)16-7-4-8-18(11-16)22-14-15-5-2-1-3-6-15/h1-8,11-13H,9-10,14H2. The van der Waals surface area contributed by atoms with E-state index in [0.29, 0.717) is 6.61 Å². The van der Waals surface area contributed by atoms with Gasteiger partial charge in [-0.15, -0.1) is 0 Å². The van der Waals surface area contributed by atoms with Gasteiger partial charge in [0.25, 0.3) is 0 Å². The zero-order chi connectivity index (χ0) is 15.2. The molecule has 0 aliphatic heterocycles. The van der Waals surface area contributed by atoms with E-state index in [1.165, 1.54) is 0 Å². The van der Waals surface area contributed by atoms with E-state index in [1.807, 2.05) is 60.8 Å². The van der Waals surface area contributed by atoms with Gasteiger partial charge in [-0.1, -0.05) is 42.5 Å². The molecule has 0 unspecified atom stereocenters. The molecule has 112 valence electrons. The fourth-order valence-corrected chi connectivity index (χ4v) is 2.23. The zero-order valence-electron chi connectivity index (χ0n) is 12.2. The Kier molecular flexibility index (Phi) is 4.49. The van der Waals surface area contributed by atoms with Gasteiger partial charge in [0, 0.05) is 11.8 Å². The summed E-state index contributed by atoms with van der Waals surface area (Å²) in [4.78, 5) is 0. The number of nitrogens with zero attached hydrogens (tertiary/aromatic N) is 2. The SMILES string of the molecule is FCCn1cc(-c2cccc(OCc3ccccc3)c2)cn1. The normalized spacial score (nSPS) is 10.6. The highest BCUT2D eigenvalue weighted by Gasteiger charge is 2.04. The van der Waals surface area contributed by atoms with Gasteiger partial charge in [0.05, 0.1) is 12.7 Å². The summed E-state index contributed by atoms with van der Waals surface area (Å²) in [6.45, 7) is 0.400. The summed E-state index contributed by atoms with van der Waals surface area (Å²) in [5.41, 5.74) is 3.10. The molecular weight excluding hydrogens is 279 g/mol. The van der Waals surface area contributed by atoms with Gasteiger partial charge in [-0.2, -0.15) is 5.10 Å². The smallest absolute Gasteiger partial charge is 0.120 e. The predicted molar refractivity (Wildman–Crippen MR) is 84.4 cm³/mol. The Balaban J connectivity index is 1.71. The zero-order valence-corrected chi connectivity index (χ0v) is 12.2. The number of benzene rings is 2. The average Bonchev–Trinajstić information content (AvgIpc) is 3.03. The molecule has 0 bridgehead atoms. The van der Waals surface area contributed by atoms with E-state index in [1.54, 1.807) is 10.9 Å². The summed E-state index contributed by atoms with van der Waals surface area (Å²) < 4.78 is 19.8. The third-order valence-electron chi connectivity index (χ3n) is 3.36. The van der Waals surface area contributed by atoms with Crippen LogP contribution in [0.2, 0.25) is 0 Å². The summed E-state index contributed by atoms with van der Waals surface area (Å²) in [5, 5.41) is 4.14. The van der Waals surface area contributed by atoms with Gasteiger partial charge in [-0.05, 0) is 23.3 Å². The third kappa shape index (κ3) is 3.52. The van der Waals surface area contributed by atoms with Crippen molar-refractivity contribution in [1.29, 1.82) is 0 Å². The summed E-state index contributed by atoms with van der Waals surface area (Å²) in [6.07, 6.45) is 3.59. The Morgan fingerprint density at radius 3 is 2.68 bits per heavy atom. The van der Waals surface area contributed by atoms with Crippen molar-refractivity contribution < 1.29 is 9.13 Å². The molecule has 0 spiro atoms. The molecule has 0 saturated carbocycles. The molecule has 4 heteroatoms. The van der Waals surface area contributed by atoms with Gasteiger partial charge in [-0.25, -0.2) is 4.39 Å². The van der Waals surface area contributed by atoms with Crippen molar-refractivity contribution in [3.8, 4) is 16.9 Å². The highest BCUT2D eigenvalue weighted by atomic mass is 19.1. The summed E-state index contributed by atoms with van der Waals surface area (Å²) in [7, 11) is 0. The number of hydrogen-bond acceptors (Lipinski definition) is 2. The van der Waals surface area contributed by atoms with Gasteiger partial charge >= 0.3 is 0 Å². The van der Waals surface area contributed by atoms with E-state index in [9.17, 15) is 4.39 Å². The van der Waals surface area contributed by atoms with Crippen LogP contribution in [0.15, 0.2) is 67.0 Å². The molecule has 0 N–H and O–H groups in total. The van der Waals surface area contributed by atoms with Crippen molar-refractivity contribution >= 4 is 0 Å². The minimum absolute atomic E-state index is 0.282. The van der Waals surface area contributed by atoms with Crippen molar-refractivity contribution in [2.75, 3.05) is 6.67 Å². The van der Waals surface area contributed by atoms with Gasteiger partial charge < -0.3 is 4.74 Å². The van der Waals surface area contributed by atoms with E-state index in [2.05, 4.69) is 5.10 Å². The van der Waals surface area contributed by atoms with E-state index in [0.717, 1.165) is 22.4 Å². The Labute approximate surface area is 129 Å². The lowest BCUT2D eigenvalue weighted by atomic mass is 10.1. The second-order valence-electron chi connectivity index (χ2n) is 4.98. The van der Waals surface area contributed by atoms with Crippen LogP contribution in [-0.4, -0.2) is 16.5 Å². The lowest BCUT2D eigenvalue weighted by Crippen LogP contribution is -1.98. The maximum atomic E-state index is 12.3. The van der Waals surface area contributed by atoms with Gasteiger partial charge in [0.1, 0.15) is 19.0 Å². The first-order valence-electron chi connectivity index (χ1n) is 7.21. The second kappa shape index (κ2) is 6.89. The molecular formula is C18H17FN2O. The summed E-state index contributed by atoms with van der Waals surface area (Å²) in [6, 6.07) is 17.9. The van der Waals surface area contributed by atoms with E-state index >= 15 is 0 Å².